The van der Waals surface area contributed by atoms with Crippen LogP contribution in [0.15, 0.2) is 65.8 Å². The van der Waals surface area contributed by atoms with E-state index in [4.69, 9.17) is 14.2 Å². The molecule has 3 heterocycles. The van der Waals surface area contributed by atoms with E-state index in [9.17, 15) is 4.79 Å². The molecule has 0 fully saturated rings. The van der Waals surface area contributed by atoms with Crippen molar-refractivity contribution in [3.8, 4) is 22.9 Å². The van der Waals surface area contributed by atoms with Crippen molar-refractivity contribution in [2.45, 2.75) is 12.5 Å². The number of carbonyl (C=O) groups excluding carboxylic acids is 1. The molecule has 1 unspecified atom stereocenters. The zero-order valence-corrected chi connectivity index (χ0v) is 20.9. The average molecular weight is 512 g/mol. The molecular formula is C27H25N7O4. The van der Waals surface area contributed by atoms with E-state index in [1.807, 2.05) is 43.4 Å². The van der Waals surface area contributed by atoms with Crippen LogP contribution in [0.5, 0.6) is 17.2 Å². The number of hydrogen-bond acceptors (Lipinski definition) is 9. The monoisotopic (exact) mass is 511 g/mol. The molecule has 1 aromatic heterocycles. The lowest BCUT2D eigenvalue weighted by Crippen LogP contribution is -2.35. The summed E-state index contributed by atoms with van der Waals surface area (Å²) in [7, 11) is 3.65. The summed E-state index contributed by atoms with van der Waals surface area (Å²) in [5, 5.41) is 16.7. The maximum absolute atomic E-state index is 12.6. The summed E-state index contributed by atoms with van der Waals surface area (Å²) in [6.45, 7) is 0.959. The minimum Gasteiger partial charge on any atom is -0.492 e. The van der Waals surface area contributed by atoms with Crippen LogP contribution in [0, 0.1) is 0 Å². The van der Waals surface area contributed by atoms with E-state index < -0.39 is 0 Å². The number of fused-ring (bicyclic) bond motifs is 2. The van der Waals surface area contributed by atoms with E-state index in [1.165, 1.54) is 0 Å². The first-order chi connectivity index (χ1) is 18.6. The number of rotatable bonds is 6. The van der Waals surface area contributed by atoms with Gasteiger partial charge in [-0.25, -0.2) is 5.43 Å². The molecule has 192 valence electrons. The number of amides is 1. The third kappa shape index (κ3) is 4.22. The number of benzene rings is 3. The number of carbonyl (C=O) groups is 1. The quantitative estimate of drug-likeness (QED) is 0.310. The highest BCUT2D eigenvalue weighted by Gasteiger charge is 2.37. The molecular weight excluding hydrogens is 486 g/mol. The fraction of sp³-hybridized carbons (Fsp3) is 0.222. The lowest BCUT2D eigenvalue weighted by Gasteiger charge is -2.34. The fourth-order valence-electron chi connectivity index (χ4n) is 4.83. The molecule has 38 heavy (non-hydrogen) atoms. The topological polar surface area (TPSA) is 116 Å². The third-order valence-electron chi connectivity index (χ3n) is 6.69. The molecule has 1 amide bonds. The number of methoxy groups -OCH3 is 1. The van der Waals surface area contributed by atoms with Crippen molar-refractivity contribution in [3.05, 3.63) is 88.7 Å². The molecule has 1 N–H and O–H groups in total. The molecule has 3 aromatic carbocycles. The maximum atomic E-state index is 12.6. The van der Waals surface area contributed by atoms with E-state index in [0.29, 0.717) is 28.6 Å². The molecule has 4 aromatic rings. The van der Waals surface area contributed by atoms with Crippen LogP contribution in [0.1, 0.15) is 38.9 Å². The lowest BCUT2D eigenvalue weighted by molar-refractivity contribution is 0.0955. The number of ether oxygens (including phenoxy) is 3. The van der Waals surface area contributed by atoms with Gasteiger partial charge in [-0.2, -0.15) is 9.78 Å². The van der Waals surface area contributed by atoms with Gasteiger partial charge < -0.3 is 14.2 Å². The van der Waals surface area contributed by atoms with Crippen LogP contribution in [0.2, 0.25) is 0 Å². The fourth-order valence-corrected chi connectivity index (χ4v) is 4.83. The van der Waals surface area contributed by atoms with E-state index >= 15 is 0 Å². The third-order valence-corrected chi connectivity index (χ3v) is 6.69. The second-order valence-corrected chi connectivity index (χ2v) is 8.96. The number of hydrazone groups is 1. The van der Waals surface area contributed by atoms with Gasteiger partial charge in [0.25, 0.3) is 5.91 Å². The van der Waals surface area contributed by atoms with Crippen molar-refractivity contribution in [2.24, 2.45) is 5.10 Å². The maximum Gasteiger partial charge on any atom is 0.271 e. The summed E-state index contributed by atoms with van der Waals surface area (Å²) in [5.41, 5.74) is 6.68. The summed E-state index contributed by atoms with van der Waals surface area (Å²) in [6.07, 6.45) is 2.42. The Morgan fingerprint density at radius 2 is 1.97 bits per heavy atom. The summed E-state index contributed by atoms with van der Waals surface area (Å²) in [5.74, 6) is 2.21. The second-order valence-electron chi connectivity index (χ2n) is 8.96. The van der Waals surface area contributed by atoms with Crippen molar-refractivity contribution in [3.63, 3.8) is 0 Å². The summed E-state index contributed by atoms with van der Waals surface area (Å²) < 4.78 is 18.8. The number of likely N-dealkylation sites (N-methyl/N-ethyl adjacent to an activating group) is 1. The molecule has 1 atom stereocenters. The van der Waals surface area contributed by atoms with E-state index in [1.54, 1.807) is 42.3 Å². The number of hydrogen-bond donors (Lipinski definition) is 1. The van der Waals surface area contributed by atoms with Crippen molar-refractivity contribution >= 4 is 12.1 Å². The predicted octanol–water partition coefficient (Wildman–Crippen LogP) is 2.74. The van der Waals surface area contributed by atoms with Crippen LogP contribution in [-0.2, 0) is 6.42 Å². The van der Waals surface area contributed by atoms with Crippen molar-refractivity contribution in [2.75, 3.05) is 27.5 Å². The highest BCUT2D eigenvalue weighted by atomic mass is 16.7. The highest BCUT2D eigenvalue weighted by Crippen LogP contribution is 2.50. The number of nitrogens with zero attached hydrogens (tertiary/aromatic N) is 6. The Labute approximate surface area is 218 Å². The summed E-state index contributed by atoms with van der Waals surface area (Å²) >= 11 is 0. The van der Waals surface area contributed by atoms with Gasteiger partial charge in [-0.05, 0) is 65.4 Å². The molecule has 0 saturated heterocycles. The lowest BCUT2D eigenvalue weighted by atomic mass is 9.90. The van der Waals surface area contributed by atoms with Gasteiger partial charge in [-0.3, -0.25) is 9.69 Å². The summed E-state index contributed by atoms with van der Waals surface area (Å²) in [6, 6.07) is 18.3. The molecule has 6 rings (SSSR count). The molecule has 11 heteroatoms. The van der Waals surface area contributed by atoms with Gasteiger partial charge in [0.15, 0.2) is 17.3 Å². The van der Waals surface area contributed by atoms with Gasteiger partial charge in [0.05, 0.1) is 19.0 Å². The smallest absolute Gasteiger partial charge is 0.271 e. The minimum absolute atomic E-state index is 0.157. The van der Waals surface area contributed by atoms with Crippen LogP contribution in [0.4, 0.5) is 0 Å². The first-order valence-electron chi connectivity index (χ1n) is 12.1. The molecule has 2 aliphatic rings. The van der Waals surface area contributed by atoms with E-state index in [-0.39, 0.29) is 18.7 Å². The number of tetrazole rings is 1. The van der Waals surface area contributed by atoms with Crippen molar-refractivity contribution in [1.29, 1.82) is 0 Å². The van der Waals surface area contributed by atoms with E-state index in [2.05, 4.69) is 31.0 Å². The Kier molecular flexibility index (Phi) is 6.18. The Morgan fingerprint density at radius 1 is 1.16 bits per heavy atom. The average Bonchev–Trinajstić information content (AvgIpc) is 3.62. The van der Waals surface area contributed by atoms with Crippen LogP contribution in [0.3, 0.4) is 0 Å². The number of nitrogens with one attached hydrogen (secondary N) is 1. The summed E-state index contributed by atoms with van der Waals surface area (Å²) in [4.78, 5) is 14.8. The van der Waals surface area contributed by atoms with Crippen molar-refractivity contribution in [1.82, 2.24) is 30.5 Å². The zero-order valence-electron chi connectivity index (χ0n) is 20.9. The molecule has 11 nitrogen and oxygen atoms in total. The Balaban J connectivity index is 1.28. The SMILES string of the molecule is COc1c2c(cc3c1C(c1nnnn1-c1ccc(C(=O)NN=Cc4ccccc4)cc1)N(C)CC3)OCO2. The first kappa shape index (κ1) is 23.6. The van der Waals surface area contributed by atoms with Gasteiger partial charge in [0.2, 0.25) is 12.5 Å². The minimum atomic E-state index is -0.317. The van der Waals surface area contributed by atoms with E-state index in [0.717, 1.165) is 35.3 Å². The van der Waals surface area contributed by atoms with Gasteiger partial charge in [-0.15, -0.1) is 5.10 Å². The largest absolute Gasteiger partial charge is 0.492 e. The standard InChI is InChI=1S/C27H25N7O4/c1-33-13-12-19-14-21-24(38-16-37-21)25(36-2)22(19)23(33)26-29-31-32-34(26)20-10-8-18(9-11-20)27(35)30-28-15-17-6-4-3-5-7-17/h3-11,14-15,23H,12-13,16H2,1-2H3,(H,30,35). The first-order valence-corrected chi connectivity index (χ1v) is 12.1. The Bertz CT molecular complexity index is 1500. The number of aromatic nitrogens is 4. The Morgan fingerprint density at radius 3 is 2.76 bits per heavy atom. The van der Waals surface area contributed by atoms with Gasteiger partial charge in [-0.1, -0.05) is 30.3 Å². The second kappa shape index (κ2) is 9.94. The van der Waals surface area contributed by atoms with Crippen molar-refractivity contribution < 1.29 is 19.0 Å². The normalized spacial score (nSPS) is 16.4. The van der Waals surface area contributed by atoms with Crippen LogP contribution in [-0.4, -0.2) is 64.7 Å². The molecule has 0 bridgehead atoms. The van der Waals surface area contributed by atoms with Gasteiger partial charge in [0.1, 0.15) is 6.04 Å². The molecule has 0 spiro atoms. The molecule has 2 aliphatic heterocycles. The molecule has 0 radical (unpaired) electrons. The van der Waals surface area contributed by atoms with Crippen LogP contribution < -0.4 is 19.6 Å². The molecule has 0 aliphatic carbocycles. The van der Waals surface area contributed by atoms with Gasteiger partial charge in [0, 0.05) is 17.7 Å². The predicted molar refractivity (Wildman–Crippen MR) is 138 cm³/mol. The van der Waals surface area contributed by atoms with Crippen LogP contribution >= 0.6 is 0 Å². The highest BCUT2D eigenvalue weighted by molar-refractivity contribution is 5.95. The molecule has 0 saturated carbocycles. The van der Waals surface area contributed by atoms with Gasteiger partial charge >= 0.3 is 0 Å². The zero-order chi connectivity index (χ0) is 26.1. The Hall–Kier alpha value is -4.77. The van der Waals surface area contributed by atoms with Crippen LogP contribution in [0.25, 0.3) is 5.69 Å².